The van der Waals surface area contributed by atoms with E-state index in [1.165, 1.54) is 0 Å². The number of hydrogen-bond acceptors (Lipinski definition) is 2. The maximum Gasteiger partial charge on any atom is 0.189 e. The van der Waals surface area contributed by atoms with Gasteiger partial charge in [-0.25, -0.2) is 0 Å². The van der Waals surface area contributed by atoms with Crippen molar-refractivity contribution >= 4 is 11.9 Å². The predicted molar refractivity (Wildman–Crippen MR) is 91.3 cm³/mol. The predicted octanol–water partition coefficient (Wildman–Crippen LogP) is 5.15. The van der Waals surface area contributed by atoms with Crippen molar-refractivity contribution in [1.29, 1.82) is 0 Å². The van der Waals surface area contributed by atoms with Crippen LogP contribution in [0.15, 0.2) is 60.7 Å². The first-order valence-corrected chi connectivity index (χ1v) is 7.80. The van der Waals surface area contributed by atoms with E-state index in [-0.39, 0.29) is 5.78 Å². The lowest BCUT2D eigenvalue weighted by atomic mass is 10.1. The molecule has 2 rings (SSSR count). The van der Waals surface area contributed by atoms with Crippen molar-refractivity contribution in [3.8, 4) is 5.75 Å². The molecule has 0 aliphatic carbocycles. The van der Waals surface area contributed by atoms with Gasteiger partial charge in [0.25, 0.3) is 0 Å². The van der Waals surface area contributed by atoms with Crippen LogP contribution >= 0.6 is 0 Å². The van der Waals surface area contributed by atoms with Gasteiger partial charge in [0.1, 0.15) is 5.75 Å². The maximum absolute atomic E-state index is 12.4. The molecule has 0 unspecified atom stereocenters. The molecule has 0 saturated carbocycles. The zero-order valence-corrected chi connectivity index (χ0v) is 13.0. The van der Waals surface area contributed by atoms with Crippen LogP contribution in [0.2, 0.25) is 0 Å². The van der Waals surface area contributed by atoms with E-state index in [2.05, 4.69) is 6.92 Å². The van der Waals surface area contributed by atoms with E-state index in [0.717, 1.165) is 24.8 Å². The second-order valence-electron chi connectivity index (χ2n) is 5.16. The Labute approximate surface area is 132 Å². The van der Waals surface area contributed by atoms with Crippen LogP contribution in [0.4, 0.5) is 0 Å². The van der Waals surface area contributed by atoms with Crippen molar-refractivity contribution in [2.24, 2.45) is 0 Å². The highest BCUT2D eigenvalue weighted by molar-refractivity contribution is 6.08. The van der Waals surface area contributed by atoms with E-state index in [4.69, 9.17) is 4.74 Å². The molecule has 114 valence electrons. The molecule has 0 fully saturated rings. The van der Waals surface area contributed by atoms with Crippen LogP contribution in [0.5, 0.6) is 5.75 Å². The standard InChI is InChI=1S/C20H22O2/c1-2-3-9-16-22-20-13-8-7-12-18(20)19(21)15-14-17-10-5-4-6-11-17/h4-8,10-15H,2-3,9,16H2,1H3. The number of unbranched alkanes of at least 4 members (excludes halogenated alkanes) is 2. The smallest absolute Gasteiger partial charge is 0.189 e. The molecule has 0 radical (unpaired) electrons. The van der Waals surface area contributed by atoms with Gasteiger partial charge in [-0.2, -0.15) is 0 Å². The van der Waals surface area contributed by atoms with Gasteiger partial charge in [-0.1, -0.05) is 68.3 Å². The molecular weight excluding hydrogens is 272 g/mol. The third kappa shape index (κ3) is 4.88. The molecule has 2 nitrogen and oxygen atoms in total. The summed E-state index contributed by atoms with van der Waals surface area (Å²) in [6.07, 6.45) is 6.74. The van der Waals surface area contributed by atoms with Crippen molar-refractivity contribution in [2.45, 2.75) is 26.2 Å². The number of allylic oxidation sites excluding steroid dienone is 1. The first-order valence-electron chi connectivity index (χ1n) is 7.80. The molecule has 22 heavy (non-hydrogen) atoms. The second-order valence-corrected chi connectivity index (χ2v) is 5.16. The highest BCUT2D eigenvalue weighted by atomic mass is 16.5. The SMILES string of the molecule is CCCCCOc1ccccc1C(=O)C=Cc1ccccc1. The van der Waals surface area contributed by atoms with Crippen molar-refractivity contribution in [2.75, 3.05) is 6.61 Å². The Balaban J connectivity index is 2.04. The number of ether oxygens (including phenoxy) is 1. The molecule has 0 amide bonds. The summed E-state index contributed by atoms with van der Waals surface area (Å²) in [4.78, 5) is 12.4. The highest BCUT2D eigenvalue weighted by Crippen LogP contribution is 2.20. The Morgan fingerprint density at radius 1 is 1.00 bits per heavy atom. The Morgan fingerprint density at radius 2 is 1.73 bits per heavy atom. The summed E-state index contributed by atoms with van der Waals surface area (Å²) in [7, 11) is 0. The minimum atomic E-state index is -0.0325. The normalized spacial score (nSPS) is 10.8. The number of hydrogen-bond donors (Lipinski definition) is 0. The highest BCUT2D eigenvalue weighted by Gasteiger charge is 2.09. The third-order valence-corrected chi connectivity index (χ3v) is 3.38. The largest absolute Gasteiger partial charge is 0.493 e. The van der Waals surface area contributed by atoms with Gasteiger partial charge in [0.2, 0.25) is 0 Å². The molecule has 0 N–H and O–H groups in total. The van der Waals surface area contributed by atoms with E-state index in [0.29, 0.717) is 17.9 Å². The van der Waals surface area contributed by atoms with Crippen LogP contribution in [0.1, 0.15) is 42.1 Å². The molecule has 0 aromatic heterocycles. The first kappa shape index (κ1) is 16.0. The van der Waals surface area contributed by atoms with Gasteiger partial charge >= 0.3 is 0 Å². The average molecular weight is 294 g/mol. The molecule has 2 aromatic rings. The van der Waals surface area contributed by atoms with Crippen LogP contribution < -0.4 is 4.74 Å². The Morgan fingerprint density at radius 3 is 2.50 bits per heavy atom. The fraction of sp³-hybridized carbons (Fsp3) is 0.250. The number of ketones is 1. The van der Waals surface area contributed by atoms with Gasteiger partial charge in [0.05, 0.1) is 12.2 Å². The lowest BCUT2D eigenvalue weighted by Crippen LogP contribution is -2.03. The molecule has 2 heteroatoms. The number of benzene rings is 2. The van der Waals surface area contributed by atoms with Crippen LogP contribution in [0.3, 0.4) is 0 Å². The molecule has 0 aliphatic heterocycles. The first-order chi connectivity index (χ1) is 10.8. The van der Waals surface area contributed by atoms with Crippen LogP contribution in [-0.4, -0.2) is 12.4 Å². The molecular formula is C20H22O2. The quantitative estimate of drug-likeness (QED) is 0.382. The van der Waals surface area contributed by atoms with E-state index < -0.39 is 0 Å². The van der Waals surface area contributed by atoms with Gasteiger partial charge in [-0.3, -0.25) is 4.79 Å². The molecule has 0 spiro atoms. The summed E-state index contributed by atoms with van der Waals surface area (Å²) < 4.78 is 5.76. The molecule has 0 bridgehead atoms. The lowest BCUT2D eigenvalue weighted by molar-refractivity contribution is 0.104. The fourth-order valence-electron chi connectivity index (χ4n) is 2.16. The van der Waals surface area contributed by atoms with Gasteiger partial charge in [0.15, 0.2) is 5.78 Å². The topological polar surface area (TPSA) is 26.3 Å². The molecule has 2 aromatic carbocycles. The van der Waals surface area contributed by atoms with Crippen LogP contribution in [0.25, 0.3) is 6.08 Å². The minimum absolute atomic E-state index is 0.0325. The Bertz CT molecular complexity index is 615. The fourth-order valence-corrected chi connectivity index (χ4v) is 2.16. The zero-order valence-electron chi connectivity index (χ0n) is 13.0. The maximum atomic E-state index is 12.4. The number of carbonyl (C=O) groups excluding carboxylic acids is 1. The molecule has 0 atom stereocenters. The lowest BCUT2D eigenvalue weighted by Gasteiger charge is -2.09. The van der Waals surface area contributed by atoms with E-state index in [1.54, 1.807) is 6.08 Å². The van der Waals surface area contributed by atoms with Gasteiger partial charge < -0.3 is 4.74 Å². The molecule has 0 aliphatic rings. The zero-order chi connectivity index (χ0) is 15.6. The van der Waals surface area contributed by atoms with Crippen molar-refractivity contribution in [3.05, 3.63) is 71.8 Å². The summed E-state index contributed by atoms with van der Waals surface area (Å²) in [5, 5.41) is 0. The number of rotatable bonds is 8. The third-order valence-electron chi connectivity index (χ3n) is 3.38. The van der Waals surface area contributed by atoms with Crippen molar-refractivity contribution < 1.29 is 9.53 Å². The van der Waals surface area contributed by atoms with Gasteiger partial charge in [0, 0.05) is 0 Å². The van der Waals surface area contributed by atoms with Crippen molar-refractivity contribution in [3.63, 3.8) is 0 Å². The summed E-state index contributed by atoms with van der Waals surface area (Å²) in [6.45, 7) is 2.81. The van der Waals surface area contributed by atoms with E-state index >= 15 is 0 Å². The van der Waals surface area contributed by atoms with Gasteiger partial charge in [-0.15, -0.1) is 0 Å². The molecule has 0 heterocycles. The van der Waals surface area contributed by atoms with E-state index in [9.17, 15) is 4.79 Å². The summed E-state index contributed by atoms with van der Waals surface area (Å²) >= 11 is 0. The number of carbonyl (C=O) groups is 1. The van der Waals surface area contributed by atoms with E-state index in [1.807, 2.05) is 60.7 Å². The second kappa shape index (κ2) is 8.83. The van der Waals surface area contributed by atoms with Gasteiger partial charge in [-0.05, 0) is 30.2 Å². The van der Waals surface area contributed by atoms with Crippen molar-refractivity contribution in [1.82, 2.24) is 0 Å². The number of para-hydroxylation sites is 1. The summed E-state index contributed by atoms with van der Waals surface area (Å²) in [5.41, 5.74) is 1.63. The Hall–Kier alpha value is -2.35. The minimum Gasteiger partial charge on any atom is -0.493 e. The Kier molecular flexibility index (Phi) is 6.43. The van der Waals surface area contributed by atoms with Crippen LogP contribution in [0, 0.1) is 0 Å². The van der Waals surface area contributed by atoms with Crippen LogP contribution in [-0.2, 0) is 0 Å². The summed E-state index contributed by atoms with van der Waals surface area (Å²) in [5.74, 6) is 0.635. The summed E-state index contributed by atoms with van der Waals surface area (Å²) in [6, 6.07) is 17.2. The average Bonchev–Trinajstić information content (AvgIpc) is 2.58. The monoisotopic (exact) mass is 294 g/mol. The molecule has 0 saturated heterocycles.